The first kappa shape index (κ1) is 101. The van der Waals surface area contributed by atoms with E-state index in [-0.39, 0.29) is 77.1 Å². The van der Waals surface area contributed by atoms with Gasteiger partial charge in [-0.2, -0.15) is 0 Å². The van der Waals surface area contributed by atoms with Crippen molar-refractivity contribution in [3.05, 3.63) is 155 Å². The maximum absolute atomic E-state index is 12.6. The van der Waals surface area contributed by atoms with Gasteiger partial charge in [-0.3, -0.25) is 24.0 Å². The summed E-state index contributed by atoms with van der Waals surface area (Å²) >= 11 is 22.1. The molecule has 3 amide bonds. The van der Waals surface area contributed by atoms with E-state index < -0.39 is 161 Å². The quantitative estimate of drug-likeness (QED) is 0.0111. The van der Waals surface area contributed by atoms with Crippen LogP contribution in [0, 0.1) is 0 Å². The molecule has 5 heterocycles. The van der Waals surface area contributed by atoms with Crippen molar-refractivity contribution >= 4 is 197 Å². The lowest BCUT2D eigenvalue weighted by atomic mass is 10.1. The highest BCUT2D eigenvalue weighted by Gasteiger charge is 2.36. The summed E-state index contributed by atoms with van der Waals surface area (Å²) < 4.78 is 61.5. The molecular weight excluding hydrogens is 1900 g/mol. The number of nitrogens with one attached hydrogen (secondary N) is 3. The van der Waals surface area contributed by atoms with Crippen molar-refractivity contribution in [1.29, 1.82) is 0 Å². The number of carboxylic acid groups (broad SMARTS) is 2. The molecule has 0 bridgehead atoms. The van der Waals surface area contributed by atoms with Gasteiger partial charge in [0.2, 0.25) is 0 Å². The van der Waals surface area contributed by atoms with E-state index in [1.807, 2.05) is 0 Å². The summed E-state index contributed by atoms with van der Waals surface area (Å²) in [5.41, 5.74) is 1.60. The van der Waals surface area contributed by atoms with Crippen LogP contribution in [0.1, 0.15) is 131 Å². The maximum Gasteiger partial charge on any atom is 0.415 e. The Morgan fingerprint density at radius 3 is 1.03 bits per heavy atom. The number of benzene rings is 4. The van der Waals surface area contributed by atoms with Crippen LogP contribution in [0.3, 0.4) is 0 Å². The molecule has 12 N–H and O–H groups in total. The molecule has 1 fully saturated rings. The van der Waals surface area contributed by atoms with E-state index in [1.165, 1.54) is 48.5 Å². The van der Waals surface area contributed by atoms with E-state index in [1.54, 1.807) is 89.2 Å². The summed E-state index contributed by atoms with van der Waals surface area (Å²) in [6.45, 7) is 18.8. The maximum atomic E-state index is 12.6. The zero-order valence-electron chi connectivity index (χ0n) is 65.6. The Bertz CT molecular complexity index is 5390. The number of phenolic OH excluding ortho intramolecular Hbond substituents is 4. The van der Waals surface area contributed by atoms with Gasteiger partial charge in [0.1, 0.15) is 112 Å². The number of esters is 6. The minimum Gasteiger partial charge on any atom is -0.507 e. The van der Waals surface area contributed by atoms with Crippen LogP contribution in [0.4, 0.5) is 14.4 Å². The van der Waals surface area contributed by atoms with E-state index >= 15 is 0 Å². The molecule has 8 aromatic rings. The van der Waals surface area contributed by atoms with E-state index in [0.29, 0.717) is 61.7 Å². The topological polar surface area (TPSA) is 586 Å². The molecule has 1 aliphatic heterocycles. The third-order valence-corrected chi connectivity index (χ3v) is 16.8. The smallest absolute Gasteiger partial charge is 0.415 e. The van der Waals surface area contributed by atoms with E-state index in [4.69, 9.17) is 95.1 Å². The van der Waals surface area contributed by atoms with Crippen molar-refractivity contribution < 1.29 is 144 Å². The Hall–Kier alpha value is -10.9. The summed E-state index contributed by atoms with van der Waals surface area (Å²) in [5, 5.41) is 73.8. The predicted octanol–water partition coefficient (Wildman–Crippen LogP) is 11.2. The molecule has 652 valence electrons. The highest BCUT2D eigenvalue weighted by Crippen LogP contribution is 2.35. The van der Waals surface area contributed by atoms with Crippen molar-refractivity contribution in [2.24, 2.45) is 5.73 Å². The average Bonchev–Trinajstić information content (AvgIpc) is 1.43. The van der Waals surface area contributed by atoms with E-state index in [9.17, 15) is 92.3 Å². The number of fused-ring (bicyclic) bond motifs is 4. The zero-order valence-corrected chi connectivity index (χ0v) is 73.5. The van der Waals surface area contributed by atoms with Gasteiger partial charge in [0.25, 0.3) is 0 Å². The molecule has 0 spiro atoms. The Kier molecular flexibility index (Phi) is 38.0. The number of carbonyl (C=O) groups excluding carboxylic acids is 9. The molecule has 4 aromatic heterocycles. The van der Waals surface area contributed by atoms with Gasteiger partial charge < -0.3 is 113 Å². The van der Waals surface area contributed by atoms with Gasteiger partial charge in [0.15, 0.2) is 0 Å². The lowest BCUT2D eigenvalue weighted by Crippen LogP contribution is -2.47. The molecule has 0 aliphatic carbocycles. The molecule has 4 aromatic carbocycles. The number of aliphatic hydroxyl groups is 1. The van der Waals surface area contributed by atoms with Crippen LogP contribution in [-0.2, 0) is 103 Å². The fraction of sp³-hybridized carbons (Fsp3) is 0.382. The van der Waals surface area contributed by atoms with Crippen LogP contribution in [0.2, 0.25) is 0 Å². The van der Waals surface area contributed by atoms with Crippen molar-refractivity contribution in [3.8, 4) is 23.0 Å². The normalized spacial score (nSPS) is 13.1. The van der Waals surface area contributed by atoms with Crippen LogP contribution >= 0.6 is 86.9 Å². The number of hydrogen-bond acceptors (Lipinski definition) is 33. The number of phenols is 4. The SMILES string of the molecule is CC(C)(C)OC(=O)NC(CC(=O)O)C(=O)OC(C)(C)C.CC(C)(C)OC(=O)N[C@@H](CC(=O)OCc1cc(=O)oc2cc(O)c(Br)cc12)C(=O)OC(C)(C)C.ClCCl.N[C@@H](CC(=O)OCc1cc(=O)oc2cc(O)c(Br)cc12)C(=O)O.O=C(C[C@@H]1NC(=O)OC1=O)OCc1cc(=O)oc2cc(O)c(Br)cc12.O=c1cc(CO)c2cc(Br)c(O)cc2o1. The van der Waals surface area contributed by atoms with Gasteiger partial charge in [-0.05, 0) is 177 Å². The molecule has 38 nitrogen and oxygen atoms in total. The molecule has 120 heavy (non-hydrogen) atoms. The molecule has 44 heteroatoms. The third-order valence-electron chi connectivity index (χ3n) is 14.3. The molecule has 0 saturated carbocycles. The average molecular weight is 1990 g/mol. The van der Waals surface area contributed by atoms with Crippen LogP contribution in [0.15, 0.2) is 128 Å². The van der Waals surface area contributed by atoms with Crippen molar-refractivity contribution in [1.82, 2.24) is 16.0 Å². The molecule has 0 radical (unpaired) electrons. The lowest BCUT2D eigenvalue weighted by Gasteiger charge is -2.26. The summed E-state index contributed by atoms with van der Waals surface area (Å²) in [4.78, 5) is 174. The minimum atomic E-state index is -1.36. The second-order valence-corrected chi connectivity index (χ2v) is 33.1. The van der Waals surface area contributed by atoms with Gasteiger partial charge in [0, 0.05) is 86.8 Å². The molecule has 9 rings (SSSR count). The predicted molar refractivity (Wildman–Crippen MR) is 437 cm³/mol. The first-order valence-corrected chi connectivity index (χ1v) is 38.9. The summed E-state index contributed by atoms with van der Waals surface area (Å²) in [6.07, 6.45) is -4.67. The number of carboxylic acids is 2. The van der Waals surface area contributed by atoms with Crippen LogP contribution in [0.5, 0.6) is 23.0 Å². The standard InChI is InChI=1S/C23H28BrNO9.C15H10BrNO8.C14H12BrNO7.C13H23NO6.C10H7BrO4.CH2Cl2/c1-22(2,3)33-20(29)15(25-21(30)34-23(4,5)6)9-18(27)31-11-12-7-19(28)32-17-10-16(26)14(24)8-13(12)17;16-8-2-7-6(1-13(20)24-11(7)4-10(8)18)5-23-12(19)3-9-14(21)25-15(22)17-9;15-8-2-7-6(1-13(19)23-11(7)4-10(8)17)5-22-12(18)3-9(16)14(20)21;1-12(2,3)19-10(17)8(7-9(15)16)14-11(18)20-13(4,5)6;11-7-2-6-5(4-12)1-10(14)15-9(6)3-8(7)13;2-1-3/h7-8,10,15,26H,9,11H2,1-6H3,(H,25,30);1-2,4,9,18H,3,5H2,(H,17,22);1-2,4,9,17H,3,5,16H2,(H,20,21);8H,7H2,1-6H3,(H,14,18)(H,15,16);1-3,12-13H,4H2;1H2/t15-;2*9-;;;/m000.../s1. The number of hydrogen-bond donors (Lipinski definition) is 11. The number of alkyl carbamates (subject to hydrolysis) is 3. The lowest BCUT2D eigenvalue weighted by molar-refractivity contribution is -0.161. The van der Waals surface area contributed by atoms with Gasteiger partial charge in [0.05, 0.1) is 55.5 Å². The van der Waals surface area contributed by atoms with E-state index in [2.05, 4.69) is 84.4 Å². The molecular formula is C76H82Br4Cl2N4O34. The van der Waals surface area contributed by atoms with Crippen molar-refractivity contribution in [3.63, 3.8) is 0 Å². The van der Waals surface area contributed by atoms with E-state index in [0.717, 1.165) is 18.2 Å². The Balaban J connectivity index is 0.000000319. The van der Waals surface area contributed by atoms with Gasteiger partial charge in [-0.15, -0.1) is 23.2 Å². The second-order valence-electron chi connectivity index (χ2n) is 28.8. The number of alkyl halides is 2. The number of halogens is 6. The fourth-order valence-corrected chi connectivity index (χ4v) is 10.8. The highest BCUT2D eigenvalue weighted by molar-refractivity contribution is 9.11. The minimum absolute atomic E-state index is 0.0132. The number of ether oxygens (including phenoxy) is 8. The number of amides is 3. The number of carbonyl (C=O) groups is 11. The Morgan fingerprint density at radius 1 is 0.458 bits per heavy atom. The first-order chi connectivity index (χ1) is 55.5. The zero-order chi connectivity index (χ0) is 91.0. The Labute approximate surface area is 722 Å². The molecule has 1 saturated heterocycles. The second kappa shape index (κ2) is 45.0. The van der Waals surface area contributed by atoms with Crippen molar-refractivity contribution in [2.45, 2.75) is 182 Å². The van der Waals surface area contributed by atoms with Crippen molar-refractivity contribution in [2.75, 3.05) is 5.34 Å². The number of aromatic hydroxyl groups is 4. The number of aliphatic carboxylic acids is 2. The number of nitrogens with two attached hydrogens (primary N) is 1. The number of aliphatic hydroxyl groups excluding tert-OH is 1. The van der Waals surface area contributed by atoms with Crippen LogP contribution in [-0.4, -0.2) is 154 Å². The largest absolute Gasteiger partial charge is 0.507 e. The summed E-state index contributed by atoms with van der Waals surface area (Å²) in [5.74, 6) is -7.79. The van der Waals surface area contributed by atoms with Gasteiger partial charge in [-0.1, -0.05) is 0 Å². The third kappa shape index (κ3) is 34.8. The highest BCUT2D eigenvalue weighted by atomic mass is 79.9. The number of rotatable bonds is 20. The monoisotopic (exact) mass is 1980 g/mol. The molecule has 4 atom stereocenters. The fourth-order valence-electron chi connectivity index (χ4n) is 9.42. The number of cyclic esters (lactones) is 2. The van der Waals surface area contributed by atoms with Gasteiger partial charge in [-0.25, -0.2) is 47.9 Å². The van der Waals surface area contributed by atoms with Crippen LogP contribution < -0.4 is 44.2 Å². The first-order valence-electron chi connectivity index (χ1n) is 34.7. The van der Waals surface area contributed by atoms with Gasteiger partial charge >= 0.3 is 88.5 Å². The van der Waals surface area contributed by atoms with Crippen LogP contribution in [0.25, 0.3) is 43.9 Å². The Morgan fingerprint density at radius 2 is 0.750 bits per heavy atom. The summed E-state index contributed by atoms with van der Waals surface area (Å²) in [6, 6.07) is 10.9. The molecule has 1 unspecified atom stereocenters. The summed E-state index contributed by atoms with van der Waals surface area (Å²) in [7, 11) is 0. The molecule has 1 aliphatic rings.